The topological polar surface area (TPSA) is 32.5 Å². The molecule has 0 aliphatic carbocycles. The van der Waals surface area contributed by atoms with Gasteiger partial charge in [-0.1, -0.05) is 28.1 Å². The summed E-state index contributed by atoms with van der Waals surface area (Å²) in [6.07, 6.45) is 2.20. The Morgan fingerprint density at radius 3 is 2.53 bits per heavy atom. The van der Waals surface area contributed by atoms with Crippen molar-refractivity contribution < 1.29 is 0 Å². The zero-order chi connectivity index (χ0) is 14.3. The first-order chi connectivity index (χ1) is 8.99. The second-order valence-electron chi connectivity index (χ2n) is 5.41. The molecule has 0 heterocycles. The van der Waals surface area contributed by atoms with Gasteiger partial charge in [-0.25, -0.2) is 0 Å². The van der Waals surface area contributed by atoms with Crippen LogP contribution in [0.3, 0.4) is 0 Å². The van der Waals surface area contributed by atoms with Crippen LogP contribution in [0, 0.1) is 0 Å². The van der Waals surface area contributed by atoms with Crippen molar-refractivity contribution in [3.8, 4) is 0 Å². The van der Waals surface area contributed by atoms with Gasteiger partial charge in [0.25, 0.3) is 0 Å². The SMILES string of the molecule is CN(C)CCCN(C)CCC(N)c1cccc(Br)c1. The third-order valence-electron chi connectivity index (χ3n) is 3.24. The number of hydrogen-bond acceptors (Lipinski definition) is 3. The van der Waals surface area contributed by atoms with E-state index in [2.05, 4.69) is 59.0 Å². The standard InChI is InChI=1S/C15H26BrN3/c1-18(2)9-5-10-19(3)11-8-15(17)13-6-4-7-14(16)12-13/h4,6-7,12,15H,5,8-11,17H2,1-3H3. The van der Waals surface area contributed by atoms with E-state index in [4.69, 9.17) is 5.73 Å². The summed E-state index contributed by atoms with van der Waals surface area (Å²) in [7, 11) is 6.40. The van der Waals surface area contributed by atoms with Gasteiger partial charge in [0.15, 0.2) is 0 Å². The molecule has 0 amide bonds. The molecule has 4 heteroatoms. The third-order valence-corrected chi connectivity index (χ3v) is 3.74. The summed E-state index contributed by atoms with van der Waals surface area (Å²) >= 11 is 3.49. The van der Waals surface area contributed by atoms with Crippen molar-refractivity contribution >= 4 is 15.9 Å². The minimum Gasteiger partial charge on any atom is -0.324 e. The van der Waals surface area contributed by atoms with Gasteiger partial charge < -0.3 is 15.5 Å². The fraction of sp³-hybridized carbons (Fsp3) is 0.600. The van der Waals surface area contributed by atoms with Gasteiger partial charge in [0.1, 0.15) is 0 Å². The lowest BCUT2D eigenvalue weighted by atomic mass is 10.0. The molecule has 1 atom stereocenters. The van der Waals surface area contributed by atoms with E-state index < -0.39 is 0 Å². The Hall–Kier alpha value is -0.420. The van der Waals surface area contributed by atoms with Gasteiger partial charge in [0.2, 0.25) is 0 Å². The fourth-order valence-corrected chi connectivity index (χ4v) is 2.45. The van der Waals surface area contributed by atoms with E-state index in [9.17, 15) is 0 Å². The molecule has 2 N–H and O–H groups in total. The minimum atomic E-state index is 0.119. The maximum Gasteiger partial charge on any atom is 0.0307 e. The second-order valence-corrected chi connectivity index (χ2v) is 6.33. The average molecular weight is 328 g/mol. The predicted molar refractivity (Wildman–Crippen MR) is 86.4 cm³/mol. The summed E-state index contributed by atoms with van der Waals surface area (Å²) in [6.45, 7) is 3.31. The van der Waals surface area contributed by atoms with Gasteiger partial charge in [0, 0.05) is 10.5 Å². The van der Waals surface area contributed by atoms with Crippen LogP contribution in [-0.4, -0.2) is 50.6 Å². The van der Waals surface area contributed by atoms with Crippen LogP contribution in [0.2, 0.25) is 0 Å². The van der Waals surface area contributed by atoms with E-state index in [-0.39, 0.29) is 6.04 Å². The van der Waals surface area contributed by atoms with Crippen LogP contribution in [0.15, 0.2) is 28.7 Å². The van der Waals surface area contributed by atoms with Crippen LogP contribution >= 0.6 is 15.9 Å². The van der Waals surface area contributed by atoms with Crippen molar-refractivity contribution in [2.24, 2.45) is 5.73 Å². The summed E-state index contributed by atoms with van der Waals surface area (Å²) in [5, 5.41) is 0. The number of rotatable bonds is 8. The monoisotopic (exact) mass is 327 g/mol. The summed E-state index contributed by atoms with van der Waals surface area (Å²) in [5.41, 5.74) is 7.44. The third kappa shape index (κ3) is 7.06. The van der Waals surface area contributed by atoms with Crippen LogP contribution in [0.4, 0.5) is 0 Å². The van der Waals surface area contributed by atoms with Crippen LogP contribution < -0.4 is 5.73 Å². The van der Waals surface area contributed by atoms with E-state index in [1.165, 1.54) is 12.0 Å². The van der Waals surface area contributed by atoms with E-state index in [1.54, 1.807) is 0 Å². The number of halogens is 1. The van der Waals surface area contributed by atoms with Crippen LogP contribution in [0.25, 0.3) is 0 Å². The molecule has 1 aromatic rings. The molecule has 108 valence electrons. The molecule has 0 fully saturated rings. The second kappa shape index (κ2) is 8.69. The summed E-state index contributed by atoms with van der Waals surface area (Å²) in [5.74, 6) is 0. The Bertz CT molecular complexity index is 368. The van der Waals surface area contributed by atoms with Crippen molar-refractivity contribution in [2.45, 2.75) is 18.9 Å². The number of benzene rings is 1. The largest absolute Gasteiger partial charge is 0.324 e. The van der Waals surface area contributed by atoms with Crippen LogP contribution in [0.1, 0.15) is 24.4 Å². The van der Waals surface area contributed by atoms with E-state index in [1.807, 2.05) is 12.1 Å². The van der Waals surface area contributed by atoms with Crippen molar-refractivity contribution in [2.75, 3.05) is 40.8 Å². The molecule has 0 saturated carbocycles. The van der Waals surface area contributed by atoms with Gasteiger partial charge in [-0.3, -0.25) is 0 Å². The Balaban J connectivity index is 2.27. The first kappa shape index (κ1) is 16.6. The maximum atomic E-state index is 6.23. The zero-order valence-electron chi connectivity index (χ0n) is 12.3. The quantitative estimate of drug-likeness (QED) is 0.796. The Morgan fingerprint density at radius 2 is 1.89 bits per heavy atom. The molecule has 1 unspecified atom stereocenters. The molecule has 0 aliphatic heterocycles. The molecule has 0 saturated heterocycles. The fourth-order valence-electron chi connectivity index (χ4n) is 2.03. The molecule has 3 nitrogen and oxygen atoms in total. The highest BCUT2D eigenvalue weighted by atomic mass is 79.9. The lowest BCUT2D eigenvalue weighted by molar-refractivity contribution is 0.291. The number of nitrogens with two attached hydrogens (primary N) is 1. The molecular weight excluding hydrogens is 302 g/mol. The molecule has 0 bridgehead atoms. The van der Waals surface area contributed by atoms with Gasteiger partial charge >= 0.3 is 0 Å². The molecule has 0 aromatic heterocycles. The Morgan fingerprint density at radius 1 is 1.16 bits per heavy atom. The molecule has 19 heavy (non-hydrogen) atoms. The summed E-state index contributed by atoms with van der Waals surface area (Å²) in [4.78, 5) is 4.59. The van der Waals surface area contributed by atoms with Gasteiger partial charge in [-0.2, -0.15) is 0 Å². The average Bonchev–Trinajstić information content (AvgIpc) is 2.35. The van der Waals surface area contributed by atoms with Gasteiger partial charge in [-0.15, -0.1) is 0 Å². The summed E-state index contributed by atoms with van der Waals surface area (Å²) < 4.78 is 1.10. The minimum absolute atomic E-state index is 0.119. The molecule has 1 rings (SSSR count). The first-order valence-corrected chi connectivity index (χ1v) is 7.62. The van der Waals surface area contributed by atoms with E-state index in [0.29, 0.717) is 0 Å². The molecule has 1 aromatic carbocycles. The van der Waals surface area contributed by atoms with Crippen molar-refractivity contribution in [1.29, 1.82) is 0 Å². The van der Waals surface area contributed by atoms with Crippen molar-refractivity contribution in [1.82, 2.24) is 9.80 Å². The first-order valence-electron chi connectivity index (χ1n) is 6.83. The Labute approximate surface area is 125 Å². The predicted octanol–water partition coefficient (Wildman–Crippen LogP) is 2.72. The maximum absolute atomic E-state index is 6.23. The molecular formula is C15H26BrN3. The van der Waals surface area contributed by atoms with Crippen molar-refractivity contribution in [3.63, 3.8) is 0 Å². The highest BCUT2D eigenvalue weighted by Crippen LogP contribution is 2.18. The van der Waals surface area contributed by atoms with Crippen molar-refractivity contribution in [3.05, 3.63) is 34.3 Å². The Kier molecular flexibility index (Phi) is 7.61. The van der Waals surface area contributed by atoms with Crippen LogP contribution in [0.5, 0.6) is 0 Å². The lowest BCUT2D eigenvalue weighted by Crippen LogP contribution is -2.27. The smallest absolute Gasteiger partial charge is 0.0307 e. The normalized spacial score (nSPS) is 13.2. The molecule has 0 spiro atoms. The van der Waals surface area contributed by atoms with Gasteiger partial charge in [-0.05, 0) is 71.3 Å². The van der Waals surface area contributed by atoms with E-state index in [0.717, 1.165) is 30.5 Å². The zero-order valence-corrected chi connectivity index (χ0v) is 13.9. The molecule has 0 radical (unpaired) electrons. The summed E-state index contributed by atoms with van der Waals surface area (Å²) in [6, 6.07) is 8.40. The van der Waals surface area contributed by atoms with Gasteiger partial charge in [0.05, 0.1) is 0 Å². The lowest BCUT2D eigenvalue weighted by Gasteiger charge is -2.20. The molecule has 0 aliphatic rings. The highest BCUT2D eigenvalue weighted by molar-refractivity contribution is 9.10. The van der Waals surface area contributed by atoms with E-state index >= 15 is 0 Å². The highest BCUT2D eigenvalue weighted by Gasteiger charge is 2.08. The van der Waals surface area contributed by atoms with Crippen LogP contribution in [-0.2, 0) is 0 Å². The number of nitrogens with zero attached hydrogens (tertiary/aromatic N) is 2. The number of hydrogen-bond donors (Lipinski definition) is 1.